The summed E-state index contributed by atoms with van der Waals surface area (Å²) in [5, 5.41) is 9.06. The van der Waals surface area contributed by atoms with Crippen LogP contribution in [-0.4, -0.2) is 39.8 Å². The number of thioether (sulfide) groups is 1. The predicted molar refractivity (Wildman–Crippen MR) is 95.1 cm³/mol. The molecule has 24 heavy (non-hydrogen) atoms. The molecule has 1 amide bonds. The van der Waals surface area contributed by atoms with Gasteiger partial charge in [-0.25, -0.2) is 0 Å². The van der Waals surface area contributed by atoms with Crippen molar-refractivity contribution in [3.63, 3.8) is 0 Å². The number of amides is 1. The summed E-state index contributed by atoms with van der Waals surface area (Å²) in [7, 11) is 0. The third-order valence-electron chi connectivity index (χ3n) is 4.01. The summed E-state index contributed by atoms with van der Waals surface area (Å²) in [5.41, 5.74) is 0.775. The van der Waals surface area contributed by atoms with Crippen molar-refractivity contribution in [1.82, 2.24) is 15.1 Å². The van der Waals surface area contributed by atoms with Crippen molar-refractivity contribution in [3.8, 4) is 11.5 Å². The van der Waals surface area contributed by atoms with Crippen molar-refractivity contribution in [2.24, 2.45) is 0 Å². The number of aromatic nitrogens is 2. The largest absolute Gasteiger partial charge is 0.411 e. The Morgan fingerprint density at radius 1 is 1.17 bits per heavy atom. The molecule has 0 aliphatic carbocycles. The lowest BCUT2D eigenvalue weighted by Crippen LogP contribution is -2.35. The van der Waals surface area contributed by atoms with E-state index < -0.39 is 0 Å². The fourth-order valence-corrected chi connectivity index (χ4v) is 3.57. The van der Waals surface area contributed by atoms with E-state index >= 15 is 0 Å². The quantitative estimate of drug-likeness (QED) is 0.757. The van der Waals surface area contributed by atoms with Gasteiger partial charge in [0, 0.05) is 23.7 Å². The van der Waals surface area contributed by atoms with Gasteiger partial charge in [0.2, 0.25) is 11.8 Å². The van der Waals surface area contributed by atoms with Crippen LogP contribution in [0.2, 0.25) is 5.02 Å². The molecular formula is C17H20ClN3O2S. The number of hydrogen-bond donors (Lipinski definition) is 0. The summed E-state index contributed by atoms with van der Waals surface area (Å²) in [4.78, 5) is 14.3. The molecule has 0 N–H and O–H groups in total. The number of rotatable bonds is 4. The second kappa shape index (κ2) is 8.53. The maximum absolute atomic E-state index is 12.4. The Morgan fingerprint density at radius 2 is 1.92 bits per heavy atom. The molecule has 1 aliphatic heterocycles. The van der Waals surface area contributed by atoms with E-state index in [1.165, 1.54) is 31.0 Å². The molecule has 1 saturated heterocycles. The van der Waals surface area contributed by atoms with E-state index in [4.69, 9.17) is 16.0 Å². The van der Waals surface area contributed by atoms with Gasteiger partial charge in [0.15, 0.2) is 0 Å². The van der Waals surface area contributed by atoms with E-state index in [-0.39, 0.29) is 5.91 Å². The molecule has 5 nitrogen and oxygen atoms in total. The minimum atomic E-state index is 0.143. The highest BCUT2D eigenvalue weighted by molar-refractivity contribution is 7.99. The first-order valence-corrected chi connectivity index (χ1v) is 9.59. The highest BCUT2D eigenvalue weighted by Gasteiger charge is 2.17. The summed E-state index contributed by atoms with van der Waals surface area (Å²) in [6.07, 6.45) is 5.89. The summed E-state index contributed by atoms with van der Waals surface area (Å²) >= 11 is 7.26. The summed E-state index contributed by atoms with van der Waals surface area (Å²) in [6, 6.07) is 7.26. The second-order valence-corrected chi connectivity index (χ2v) is 7.18. The van der Waals surface area contributed by atoms with Crippen molar-refractivity contribution in [2.75, 3.05) is 18.8 Å². The number of likely N-dealkylation sites (tertiary alicyclic amines) is 1. The highest BCUT2D eigenvalue weighted by atomic mass is 35.5. The lowest BCUT2D eigenvalue weighted by atomic mass is 10.1. The number of nitrogens with zero attached hydrogens (tertiary/aromatic N) is 3. The van der Waals surface area contributed by atoms with Gasteiger partial charge in [0.25, 0.3) is 5.22 Å². The summed E-state index contributed by atoms with van der Waals surface area (Å²) in [5.74, 6) is 0.889. The van der Waals surface area contributed by atoms with Gasteiger partial charge in [-0.3, -0.25) is 4.79 Å². The van der Waals surface area contributed by atoms with E-state index in [2.05, 4.69) is 10.2 Å². The zero-order valence-electron chi connectivity index (χ0n) is 13.4. The molecular weight excluding hydrogens is 346 g/mol. The Bertz CT molecular complexity index is 684. The normalized spacial score (nSPS) is 15.8. The van der Waals surface area contributed by atoms with Crippen LogP contribution >= 0.6 is 23.4 Å². The molecule has 0 spiro atoms. The van der Waals surface area contributed by atoms with Gasteiger partial charge < -0.3 is 9.32 Å². The lowest BCUT2D eigenvalue weighted by Gasteiger charge is -2.24. The lowest BCUT2D eigenvalue weighted by molar-refractivity contribution is -0.128. The second-order valence-electron chi connectivity index (χ2n) is 5.82. The monoisotopic (exact) mass is 365 g/mol. The topological polar surface area (TPSA) is 59.2 Å². The number of carbonyl (C=O) groups excluding carboxylic acids is 1. The van der Waals surface area contributed by atoms with Crippen molar-refractivity contribution < 1.29 is 9.21 Å². The van der Waals surface area contributed by atoms with Crippen LogP contribution in [-0.2, 0) is 4.79 Å². The van der Waals surface area contributed by atoms with E-state index in [1.807, 2.05) is 17.0 Å². The van der Waals surface area contributed by atoms with E-state index in [0.29, 0.717) is 21.9 Å². The first kappa shape index (κ1) is 17.3. The average Bonchev–Trinajstić information content (AvgIpc) is 3.01. The third-order valence-corrected chi connectivity index (χ3v) is 5.04. The number of carbonyl (C=O) groups is 1. The van der Waals surface area contributed by atoms with Gasteiger partial charge >= 0.3 is 0 Å². The molecule has 2 heterocycles. The molecule has 7 heteroatoms. The highest BCUT2D eigenvalue weighted by Crippen LogP contribution is 2.25. The summed E-state index contributed by atoms with van der Waals surface area (Å²) < 4.78 is 5.62. The minimum Gasteiger partial charge on any atom is -0.411 e. The molecule has 0 atom stereocenters. The van der Waals surface area contributed by atoms with Crippen LogP contribution in [0.1, 0.15) is 32.1 Å². The van der Waals surface area contributed by atoms with Crippen molar-refractivity contribution in [3.05, 3.63) is 29.3 Å². The Kier molecular flexibility index (Phi) is 6.15. The van der Waals surface area contributed by atoms with Crippen molar-refractivity contribution in [1.29, 1.82) is 0 Å². The smallest absolute Gasteiger partial charge is 0.277 e. The molecule has 0 saturated carbocycles. The van der Waals surface area contributed by atoms with Gasteiger partial charge in [-0.2, -0.15) is 0 Å². The van der Waals surface area contributed by atoms with Crippen LogP contribution in [0.4, 0.5) is 0 Å². The van der Waals surface area contributed by atoms with Gasteiger partial charge in [0.1, 0.15) is 0 Å². The van der Waals surface area contributed by atoms with Crippen LogP contribution in [0.5, 0.6) is 0 Å². The zero-order chi connectivity index (χ0) is 16.8. The van der Waals surface area contributed by atoms with E-state index in [9.17, 15) is 4.79 Å². The predicted octanol–water partition coefficient (Wildman–Crippen LogP) is 4.27. The van der Waals surface area contributed by atoms with Crippen LogP contribution in [0.15, 0.2) is 33.9 Å². The SMILES string of the molecule is O=C(CSc1nnc(-c2cccc(Cl)c2)o1)N1CCCCCCC1. The molecule has 0 radical (unpaired) electrons. The fourth-order valence-electron chi connectivity index (χ4n) is 2.72. The van der Waals surface area contributed by atoms with Crippen LogP contribution in [0.3, 0.4) is 0 Å². The Hall–Kier alpha value is -1.53. The molecule has 0 unspecified atom stereocenters. The molecule has 3 rings (SSSR count). The zero-order valence-corrected chi connectivity index (χ0v) is 15.0. The first-order valence-electron chi connectivity index (χ1n) is 8.22. The van der Waals surface area contributed by atoms with Crippen molar-refractivity contribution in [2.45, 2.75) is 37.3 Å². The Morgan fingerprint density at radius 3 is 2.67 bits per heavy atom. The van der Waals surface area contributed by atoms with Gasteiger partial charge in [-0.05, 0) is 31.0 Å². The van der Waals surface area contributed by atoms with Crippen LogP contribution < -0.4 is 0 Å². The first-order chi connectivity index (χ1) is 11.7. The van der Waals surface area contributed by atoms with Crippen molar-refractivity contribution >= 4 is 29.3 Å². The summed E-state index contributed by atoms with van der Waals surface area (Å²) in [6.45, 7) is 1.72. The Balaban J connectivity index is 1.56. The van der Waals surface area contributed by atoms with Gasteiger partial charge in [-0.15, -0.1) is 10.2 Å². The molecule has 0 bridgehead atoms. The standard InChI is InChI=1S/C17H20ClN3O2S/c18-14-8-6-7-13(11-14)16-19-20-17(23-16)24-12-15(22)21-9-4-2-1-3-5-10-21/h6-8,11H,1-5,9-10,12H2. The van der Waals surface area contributed by atoms with E-state index in [0.717, 1.165) is 31.5 Å². The van der Waals surface area contributed by atoms with E-state index in [1.54, 1.807) is 12.1 Å². The van der Waals surface area contributed by atoms with Crippen LogP contribution in [0, 0.1) is 0 Å². The number of halogens is 1. The molecule has 1 aromatic heterocycles. The van der Waals surface area contributed by atoms with Gasteiger partial charge in [-0.1, -0.05) is 48.7 Å². The maximum Gasteiger partial charge on any atom is 0.277 e. The minimum absolute atomic E-state index is 0.143. The van der Waals surface area contributed by atoms with Gasteiger partial charge in [0.05, 0.1) is 5.75 Å². The Labute approximate surface area is 150 Å². The fraction of sp³-hybridized carbons (Fsp3) is 0.471. The molecule has 1 aromatic carbocycles. The number of hydrogen-bond acceptors (Lipinski definition) is 5. The molecule has 2 aromatic rings. The van der Waals surface area contributed by atoms with Crippen LogP contribution in [0.25, 0.3) is 11.5 Å². The third kappa shape index (κ3) is 4.74. The maximum atomic E-state index is 12.4. The molecule has 1 fully saturated rings. The number of benzene rings is 1. The molecule has 1 aliphatic rings. The average molecular weight is 366 g/mol. The molecule has 128 valence electrons.